The van der Waals surface area contributed by atoms with Gasteiger partial charge in [0.1, 0.15) is 13.2 Å². The maximum atomic E-state index is 11.2. The molecule has 1 aliphatic heterocycles. The van der Waals surface area contributed by atoms with Crippen LogP contribution < -0.4 is 0 Å². The Morgan fingerprint density at radius 2 is 1.79 bits per heavy atom. The van der Waals surface area contributed by atoms with Crippen LogP contribution in [0.5, 0.6) is 0 Å². The van der Waals surface area contributed by atoms with E-state index in [1.165, 1.54) is 0 Å². The van der Waals surface area contributed by atoms with Crippen molar-refractivity contribution in [2.45, 2.75) is 0 Å². The summed E-state index contributed by atoms with van der Waals surface area (Å²) in [5.41, 5.74) is 0.932. The smallest absolute Gasteiger partial charge is 0.373 e. The number of esters is 1. The molecule has 1 fully saturated rings. The van der Waals surface area contributed by atoms with Crippen molar-refractivity contribution in [2.24, 2.45) is 0 Å². The lowest BCUT2D eigenvalue weighted by Crippen LogP contribution is -2.21. The van der Waals surface area contributed by atoms with E-state index in [0.29, 0.717) is 13.2 Å². The molecule has 2 rings (SSSR count). The molecule has 0 radical (unpaired) electrons. The summed E-state index contributed by atoms with van der Waals surface area (Å²) in [6, 6.07) is 9.53. The Hall–Kier alpha value is -1.77. The van der Waals surface area contributed by atoms with E-state index in [0.717, 1.165) is 5.56 Å². The van der Waals surface area contributed by atoms with Crippen LogP contribution in [-0.2, 0) is 14.3 Å². The molecule has 72 valence electrons. The van der Waals surface area contributed by atoms with Crippen LogP contribution in [0.4, 0.5) is 0 Å². The summed E-state index contributed by atoms with van der Waals surface area (Å²) in [7, 11) is 0. The predicted octanol–water partition coefficient (Wildman–Crippen LogP) is 1.60. The average molecular weight is 190 g/mol. The Labute approximate surface area is 81.9 Å². The van der Waals surface area contributed by atoms with Crippen LogP contribution >= 0.6 is 0 Å². The minimum absolute atomic E-state index is 0.280. The molecule has 3 nitrogen and oxygen atoms in total. The van der Waals surface area contributed by atoms with Gasteiger partial charge >= 0.3 is 5.97 Å². The Balaban J connectivity index is 2.21. The molecule has 1 aromatic carbocycles. The first-order valence-electron chi connectivity index (χ1n) is 4.43. The average Bonchev–Trinajstić information content (AvgIpc) is 2.23. The van der Waals surface area contributed by atoms with Crippen LogP contribution in [0, 0.1) is 0 Å². The second-order valence-electron chi connectivity index (χ2n) is 2.90. The Morgan fingerprint density at radius 1 is 1.07 bits per heavy atom. The van der Waals surface area contributed by atoms with E-state index in [4.69, 9.17) is 9.47 Å². The van der Waals surface area contributed by atoms with Crippen molar-refractivity contribution in [1.82, 2.24) is 0 Å². The second kappa shape index (κ2) is 3.96. The Morgan fingerprint density at radius 3 is 2.50 bits per heavy atom. The van der Waals surface area contributed by atoms with Crippen molar-refractivity contribution in [2.75, 3.05) is 13.2 Å². The van der Waals surface area contributed by atoms with Gasteiger partial charge in [-0.05, 0) is 11.6 Å². The van der Waals surface area contributed by atoms with Crippen molar-refractivity contribution in [3.63, 3.8) is 0 Å². The molecule has 0 saturated carbocycles. The van der Waals surface area contributed by atoms with E-state index in [2.05, 4.69) is 0 Å². The van der Waals surface area contributed by atoms with Crippen LogP contribution in [0.2, 0.25) is 0 Å². The Kier molecular flexibility index (Phi) is 2.49. The van der Waals surface area contributed by atoms with Crippen molar-refractivity contribution >= 4 is 12.0 Å². The topological polar surface area (TPSA) is 35.5 Å². The maximum absolute atomic E-state index is 11.2. The summed E-state index contributed by atoms with van der Waals surface area (Å²) in [5.74, 6) is -0.109. The highest BCUT2D eigenvalue weighted by atomic mass is 16.6. The number of hydrogen-bond donors (Lipinski definition) is 0. The molecule has 3 heteroatoms. The van der Waals surface area contributed by atoms with Gasteiger partial charge in [0.25, 0.3) is 0 Å². The normalized spacial score (nSPS) is 18.9. The fourth-order valence-electron chi connectivity index (χ4n) is 1.22. The van der Waals surface area contributed by atoms with Crippen LogP contribution in [0.1, 0.15) is 5.56 Å². The van der Waals surface area contributed by atoms with Gasteiger partial charge in [-0.2, -0.15) is 0 Å². The van der Waals surface area contributed by atoms with Gasteiger partial charge in [0.05, 0.1) is 0 Å². The summed E-state index contributed by atoms with van der Waals surface area (Å²) < 4.78 is 10.0. The number of rotatable bonds is 1. The first kappa shape index (κ1) is 8.81. The van der Waals surface area contributed by atoms with E-state index in [1.807, 2.05) is 30.3 Å². The van der Waals surface area contributed by atoms with Crippen molar-refractivity contribution < 1.29 is 14.3 Å². The molecule has 0 aliphatic carbocycles. The van der Waals surface area contributed by atoms with Gasteiger partial charge in [-0.1, -0.05) is 30.3 Å². The van der Waals surface area contributed by atoms with Gasteiger partial charge in [0.2, 0.25) is 5.76 Å². The molecule has 0 bridgehead atoms. The first-order valence-corrected chi connectivity index (χ1v) is 4.43. The second-order valence-corrected chi connectivity index (χ2v) is 2.90. The van der Waals surface area contributed by atoms with Crippen LogP contribution in [0.3, 0.4) is 0 Å². The third kappa shape index (κ3) is 1.93. The highest BCUT2D eigenvalue weighted by molar-refractivity contribution is 5.91. The number of benzene rings is 1. The van der Waals surface area contributed by atoms with Crippen LogP contribution in [0.15, 0.2) is 36.1 Å². The maximum Gasteiger partial charge on any atom is 0.373 e. The number of ether oxygens (including phenoxy) is 2. The molecule has 0 amide bonds. The molecular formula is C11H10O3. The van der Waals surface area contributed by atoms with E-state index in [-0.39, 0.29) is 11.7 Å². The highest BCUT2D eigenvalue weighted by Gasteiger charge is 2.17. The van der Waals surface area contributed by atoms with E-state index >= 15 is 0 Å². The zero-order valence-electron chi connectivity index (χ0n) is 7.60. The molecule has 1 saturated heterocycles. The molecule has 0 aromatic heterocycles. The van der Waals surface area contributed by atoms with E-state index in [9.17, 15) is 4.79 Å². The van der Waals surface area contributed by atoms with Gasteiger partial charge < -0.3 is 9.47 Å². The third-order valence-electron chi connectivity index (χ3n) is 1.87. The fourth-order valence-corrected chi connectivity index (χ4v) is 1.22. The molecule has 1 heterocycles. The van der Waals surface area contributed by atoms with Gasteiger partial charge in [-0.3, -0.25) is 0 Å². The summed E-state index contributed by atoms with van der Waals surface area (Å²) >= 11 is 0. The fraction of sp³-hybridized carbons (Fsp3) is 0.182. The molecule has 14 heavy (non-hydrogen) atoms. The number of carbonyl (C=O) groups is 1. The van der Waals surface area contributed by atoms with Gasteiger partial charge in [-0.25, -0.2) is 4.79 Å². The molecule has 1 aromatic rings. The predicted molar refractivity (Wildman–Crippen MR) is 51.3 cm³/mol. The zero-order chi connectivity index (χ0) is 9.80. The largest absolute Gasteiger partial charge is 0.483 e. The summed E-state index contributed by atoms with van der Waals surface area (Å²) in [6.07, 6.45) is 1.68. The summed E-state index contributed by atoms with van der Waals surface area (Å²) in [6.45, 7) is 0.773. The molecule has 0 spiro atoms. The molecule has 0 atom stereocenters. The minimum Gasteiger partial charge on any atom is -0.483 e. The lowest BCUT2D eigenvalue weighted by atomic mass is 10.2. The molecule has 1 aliphatic rings. The SMILES string of the molecule is O=C1OCCO/C1=C\c1ccccc1. The van der Waals surface area contributed by atoms with Crippen LogP contribution in [0.25, 0.3) is 6.08 Å². The van der Waals surface area contributed by atoms with Crippen molar-refractivity contribution in [1.29, 1.82) is 0 Å². The van der Waals surface area contributed by atoms with E-state index in [1.54, 1.807) is 6.08 Å². The number of cyclic esters (lactones) is 1. The monoisotopic (exact) mass is 190 g/mol. The molecule has 0 N–H and O–H groups in total. The van der Waals surface area contributed by atoms with Crippen molar-refractivity contribution in [3.05, 3.63) is 41.7 Å². The lowest BCUT2D eigenvalue weighted by Gasteiger charge is -2.15. The van der Waals surface area contributed by atoms with Crippen LogP contribution in [-0.4, -0.2) is 19.2 Å². The third-order valence-corrected chi connectivity index (χ3v) is 1.87. The molecule has 0 unspecified atom stereocenters. The number of carbonyl (C=O) groups excluding carboxylic acids is 1. The van der Waals surface area contributed by atoms with E-state index < -0.39 is 0 Å². The summed E-state index contributed by atoms with van der Waals surface area (Å²) in [5, 5.41) is 0. The Bertz CT molecular complexity index is 354. The lowest BCUT2D eigenvalue weighted by molar-refractivity contribution is -0.150. The highest BCUT2D eigenvalue weighted by Crippen LogP contribution is 2.12. The standard InChI is InChI=1S/C11H10O3/c12-11-10(13-6-7-14-11)8-9-4-2-1-3-5-9/h1-5,8H,6-7H2/b10-8-. The quantitative estimate of drug-likeness (QED) is 0.498. The zero-order valence-corrected chi connectivity index (χ0v) is 7.60. The molecular weight excluding hydrogens is 180 g/mol. The number of hydrogen-bond acceptors (Lipinski definition) is 3. The summed E-state index contributed by atoms with van der Waals surface area (Å²) in [4.78, 5) is 11.2. The minimum atomic E-state index is -0.389. The van der Waals surface area contributed by atoms with Gasteiger partial charge in [-0.15, -0.1) is 0 Å². The van der Waals surface area contributed by atoms with Gasteiger partial charge in [0, 0.05) is 0 Å². The van der Waals surface area contributed by atoms with Gasteiger partial charge in [0.15, 0.2) is 0 Å². The van der Waals surface area contributed by atoms with Crippen molar-refractivity contribution in [3.8, 4) is 0 Å². The first-order chi connectivity index (χ1) is 6.86.